The number of hydrogen-bond donors (Lipinski definition) is 0. The molecule has 1 aromatic heterocycles. The zero-order valence-corrected chi connectivity index (χ0v) is 20.4. The second-order valence-corrected chi connectivity index (χ2v) is 8.48. The summed E-state index contributed by atoms with van der Waals surface area (Å²) in [6, 6.07) is 16.4. The first-order valence-corrected chi connectivity index (χ1v) is 11.5. The number of nitrogens with zero attached hydrogens (tertiary/aromatic N) is 1. The highest BCUT2D eigenvalue weighted by molar-refractivity contribution is 6.32. The predicted octanol–water partition coefficient (Wildman–Crippen LogP) is 5.78. The van der Waals surface area contributed by atoms with E-state index >= 15 is 0 Å². The fourth-order valence-electron chi connectivity index (χ4n) is 4.43. The molecule has 1 aliphatic rings. The second kappa shape index (κ2) is 9.43. The predicted molar refractivity (Wildman–Crippen MR) is 138 cm³/mol. The molecule has 5 rings (SSSR count). The van der Waals surface area contributed by atoms with Crippen molar-refractivity contribution in [2.24, 2.45) is 0 Å². The molecule has 2 heterocycles. The van der Waals surface area contributed by atoms with Crippen molar-refractivity contribution in [2.45, 2.75) is 6.04 Å². The minimum Gasteiger partial charge on any atom is -0.495 e. The molecule has 4 aromatic rings. The summed E-state index contributed by atoms with van der Waals surface area (Å²) in [7, 11) is 3.04. The van der Waals surface area contributed by atoms with Gasteiger partial charge in [0.05, 0.1) is 36.2 Å². The Labute approximate surface area is 212 Å². The van der Waals surface area contributed by atoms with Crippen LogP contribution in [-0.4, -0.2) is 26.7 Å². The second-order valence-electron chi connectivity index (χ2n) is 8.08. The van der Waals surface area contributed by atoms with E-state index in [1.165, 1.54) is 19.1 Å². The number of carbonyl (C=O) groups is 1. The number of rotatable bonds is 7. The van der Waals surface area contributed by atoms with Crippen LogP contribution in [0.3, 0.4) is 0 Å². The van der Waals surface area contributed by atoms with Crippen LogP contribution in [0.2, 0.25) is 5.02 Å². The van der Waals surface area contributed by atoms with Crippen molar-refractivity contribution in [2.75, 3.05) is 25.7 Å². The fraction of sp³-hybridized carbons (Fsp3) is 0.143. The molecule has 0 radical (unpaired) electrons. The third-order valence-electron chi connectivity index (χ3n) is 6.05. The van der Waals surface area contributed by atoms with Gasteiger partial charge in [-0.25, -0.2) is 0 Å². The molecule has 0 bridgehead atoms. The molecule has 1 atom stereocenters. The third-order valence-corrected chi connectivity index (χ3v) is 6.35. The first kappa shape index (κ1) is 23.5. The Hall–Kier alpha value is -4.23. The van der Waals surface area contributed by atoms with Gasteiger partial charge < -0.3 is 18.6 Å². The summed E-state index contributed by atoms with van der Waals surface area (Å²) >= 11 is 6.40. The lowest BCUT2D eigenvalue weighted by Crippen LogP contribution is -2.29. The van der Waals surface area contributed by atoms with Gasteiger partial charge in [0, 0.05) is 5.69 Å². The maximum Gasteiger partial charge on any atom is 0.295 e. The van der Waals surface area contributed by atoms with Gasteiger partial charge in [-0.05, 0) is 48.0 Å². The van der Waals surface area contributed by atoms with Crippen molar-refractivity contribution >= 4 is 34.2 Å². The molecule has 0 N–H and O–H groups in total. The van der Waals surface area contributed by atoms with Gasteiger partial charge in [-0.3, -0.25) is 14.5 Å². The van der Waals surface area contributed by atoms with Gasteiger partial charge in [0.25, 0.3) is 5.91 Å². The number of halogens is 1. The maximum absolute atomic E-state index is 13.8. The Morgan fingerprint density at radius 2 is 1.75 bits per heavy atom. The highest BCUT2D eigenvalue weighted by Gasteiger charge is 2.44. The first-order chi connectivity index (χ1) is 17.5. The zero-order valence-electron chi connectivity index (χ0n) is 19.6. The molecule has 0 spiro atoms. The van der Waals surface area contributed by atoms with Crippen LogP contribution in [-0.2, 0) is 0 Å². The molecule has 1 unspecified atom stereocenters. The van der Waals surface area contributed by atoms with E-state index in [1.54, 1.807) is 66.7 Å². The molecule has 7 nitrogen and oxygen atoms in total. The lowest BCUT2D eigenvalue weighted by Gasteiger charge is -2.26. The number of anilines is 1. The number of amides is 1. The monoisotopic (exact) mass is 503 g/mol. The summed E-state index contributed by atoms with van der Waals surface area (Å²) in [5, 5.41) is 0.717. The number of benzene rings is 3. The Morgan fingerprint density at radius 3 is 2.47 bits per heavy atom. The average molecular weight is 504 g/mol. The van der Waals surface area contributed by atoms with Crippen molar-refractivity contribution in [3.05, 3.63) is 105 Å². The Morgan fingerprint density at radius 1 is 1.00 bits per heavy atom. The molecule has 0 aliphatic carbocycles. The molecule has 1 amide bonds. The standard InChI is InChI=1S/C28H22ClNO6/c1-4-13-35-22-11-9-16(14-23(22)34-3)25-24-26(31)18-7-5-6-8-20(18)36-27(24)28(32)30(25)17-10-12-21(33-2)19(29)15-17/h4-12,14-15,25H,1,13H2,2-3H3. The molecule has 8 heteroatoms. The Kier molecular flexibility index (Phi) is 6.16. The smallest absolute Gasteiger partial charge is 0.295 e. The van der Waals surface area contributed by atoms with Gasteiger partial charge in [0.2, 0.25) is 5.76 Å². The molecule has 3 aromatic carbocycles. The quantitative estimate of drug-likeness (QED) is 0.297. The SMILES string of the molecule is C=CCOc1ccc(C2c3c(oc4ccccc4c3=O)C(=O)N2c2ccc(OC)c(Cl)c2)cc1OC. The highest BCUT2D eigenvalue weighted by atomic mass is 35.5. The topological polar surface area (TPSA) is 78.2 Å². The van der Waals surface area contributed by atoms with E-state index in [-0.39, 0.29) is 16.8 Å². The van der Waals surface area contributed by atoms with Crippen molar-refractivity contribution in [1.29, 1.82) is 0 Å². The molecule has 0 fully saturated rings. The van der Waals surface area contributed by atoms with Gasteiger partial charge in [0.15, 0.2) is 16.9 Å². The van der Waals surface area contributed by atoms with E-state index in [0.29, 0.717) is 51.1 Å². The summed E-state index contributed by atoms with van der Waals surface area (Å²) in [4.78, 5) is 29.0. The van der Waals surface area contributed by atoms with Crippen molar-refractivity contribution < 1.29 is 23.4 Å². The van der Waals surface area contributed by atoms with Gasteiger partial charge in [0.1, 0.15) is 17.9 Å². The van der Waals surface area contributed by atoms with Crippen molar-refractivity contribution in [3.63, 3.8) is 0 Å². The molecule has 1 aliphatic heterocycles. The fourth-order valence-corrected chi connectivity index (χ4v) is 4.68. The lowest BCUT2D eigenvalue weighted by molar-refractivity contribution is 0.0971. The van der Waals surface area contributed by atoms with E-state index in [4.69, 9.17) is 30.2 Å². The summed E-state index contributed by atoms with van der Waals surface area (Å²) < 4.78 is 22.5. The van der Waals surface area contributed by atoms with Crippen LogP contribution < -0.4 is 24.5 Å². The lowest BCUT2D eigenvalue weighted by atomic mass is 9.97. The van der Waals surface area contributed by atoms with Gasteiger partial charge in [-0.2, -0.15) is 0 Å². The molecular formula is C28H22ClNO6. The minimum atomic E-state index is -0.792. The summed E-state index contributed by atoms with van der Waals surface area (Å²) in [6.07, 6.45) is 1.63. The van der Waals surface area contributed by atoms with Gasteiger partial charge in [-0.1, -0.05) is 42.5 Å². The highest BCUT2D eigenvalue weighted by Crippen LogP contribution is 2.44. The Balaban J connectivity index is 1.75. The summed E-state index contributed by atoms with van der Waals surface area (Å²) in [6.45, 7) is 3.97. The summed E-state index contributed by atoms with van der Waals surface area (Å²) in [5.74, 6) is 0.960. The van der Waals surface area contributed by atoms with Crippen LogP contribution in [0.5, 0.6) is 17.2 Å². The number of fused-ring (bicyclic) bond motifs is 2. The van der Waals surface area contributed by atoms with Crippen LogP contribution in [0.4, 0.5) is 5.69 Å². The van der Waals surface area contributed by atoms with Crippen molar-refractivity contribution in [3.8, 4) is 17.2 Å². The average Bonchev–Trinajstić information content (AvgIpc) is 3.19. The molecule has 182 valence electrons. The normalized spacial score (nSPS) is 14.6. The van der Waals surface area contributed by atoms with Crippen molar-refractivity contribution in [1.82, 2.24) is 0 Å². The van der Waals surface area contributed by atoms with E-state index in [9.17, 15) is 9.59 Å². The zero-order chi connectivity index (χ0) is 25.4. The van der Waals surface area contributed by atoms with Gasteiger partial charge in [-0.15, -0.1) is 0 Å². The molecular weight excluding hydrogens is 482 g/mol. The summed E-state index contributed by atoms with van der Waals surface area (Å²) in [5.41, 5.74) is 1.43. The first-order valence-electron chi connectivity index (χ1n) is 11.1. The van der Waals surface area contributed by atoms with E-state index in [2.05, 4.69) is 6.58 Å². The number of methoxy groups -OCH3 is 2. The van der Waals surface area contributed by atoms with E-state index < -0.39 is 11.9 Å². The molecule has 36 heavy (non-hydrogen) atoms. The minimum absolute atomic E-state index is 0.0124. The molecule has 0 saturated carbocycles. The van der Waals surface area contributed by atoms with E-state index in [1.807, 2.05) is 0 Å². The largest absolute Gasteiger partial charge is 0.495 e. The van der Waals surface area contributed by atoms with Crippen LogP contribution in [0.25, 0.3) is 11.0 Å². The number of hydrogen-bond acceptors (Lipinski definition) is 6. The van der Waals surface area contributed by atoms with Gasteiger partial charge >= 0.3 is 0 Å². The third kappa shape index (κ3) is 3.78. The Bertz CT molecular complexity index is 1560. The maximum atomic E-state index is 13.8. The van der Waals surface area contributed by atoms with Crippen LogP contribution in [0.15, 0.2) is 82.5 Å². The van der Waals surface area contributed by atoms with Crippen LogP contribution in [0.1, 0.15) is 27.7 Å². The van der Waals surface area contributed by atoms with Crippen LogP contribution >= 0.6 is 11.6 Å². The van der Waals surface area contributed by atoms with E-state index in [0.717, 1.165) is 0 Å². The number of para-hydroxylation sites is 1. The number of ether oxygens (including phenoxy) is 3. The van der Waals surface area contributed by atoms with Crippen LogP contribution in [0, 0.1) is 0 Å². The number of carbonyl (C=O) groups excluding carboxylic acids is 1. The molecule has 0 saturated heterocycles.